The summed E-state index contributed by atoms with van der Waals surface area (Å²) in [7, 11) is 0. The molecule has 1 aromatic heterocycles. The Balaban J connectivity index is 0.000000339. The van der Waals surface area contributed by atoms with Gasteiger partial charge in [0.25, 0.3) is 0 Å². The molecule has 2 aromatic rings. The number of hydrogen-bond donors (Lipinski definition) is 1. The van der Waals surface area contributed by atoms with Crippen LogP contribution in [-0.4, -0.2) is 56.7 Å². The first-order valence-corrected chi connectivity index (χ1v) is 9.88. The molecule has 31 heavy (non-hydrogen) atoms. The third-order valence-electron chi connectivity index (χ3n) is 5.63. The third kappa shape index (κ3) is 5.50. The van der Waals surface area contributed by atoms with E-state index in [0.29, 0.717) is 12.3 Å². The quantitative estimate of drug-likeness (QED) is 0.795. The summed E-state index contributed by atoms with van der Waals surface area (Å²) >= 11 is 0. The Morgan fingerprint density at radius 1 is 1.03 bits per heavy atom. The summed E-state index contributed by atoms with van der Waals surface area (Å²) < 4.78 is 31.7. The summed E-state index contributed by atoms with van der Waals surface area (Å²) in [5, 5.41) is 7.12. The number of piperidine rings is 1. The molecule has 0 bridgehead atoms. The van der Waals surface area contributed by atoms with Crippen LogP contribution in [0.25, 0.3) is 0 Å². The monoisotopic (exact) mass is 436 g/mol. The van der Waals surface area contributed by atoms with Gasteiger partial charge in [0.05, 0.1) is 0 Å². The predicted molar refractivity (Wildman–Crippen MR) is 106 cm³/mol. The highest BCUT2D eigenvalue weighted by Gasteiger charge is 2.47. The van der Waals surface area contributed by atoms with Crippen molar-refractivity contribution in [3.05, 3.63) is 54.4 Å². The van der Waals surface area contributed by atoms with E-state index in [0.717, 1.165) is 44.8 Å². The normalized spacial score (nSPS) is 18.0. The molecule has 0 unspecified atom stereocenters. The van der Waals surface area contributed by atoms with Gasteiger partial charge in [0.2, 0.25) is 11.9 Å². The fourth-order valence-electron chi connectivity index (χ4n) is 3.99. The van der Waals surface area contributed by atoms with Gasteiger partial charge >= 0.3 is 12.1 Å². The van der Waals surface area contributed by atoms with Gasteiger partial charge in [0.1, 0.15) is 0 Å². The fraction of sp³-hybridized carbons (Fsp3) is 0.429. The van der Waals surface area contributed by atoms with E-state index in [1.54, 1.807) is 12.4 Å². The summed E-state index contributed by atoms with van der Waals surface area (Å²) in [6, 6.07) is 12.1. The smallest absolute Gasteiger partial charge is 0.475 e. The molecule has 1 amide bonds. The molecule has 10 heteroatoms. The Bertz CT molecular complexity index is 886. The van der Waals surface area contributed by atoms with Crippen LogP contribution in [0, 0.1) is 0 Å². The first kappa shape index (κ1) is 22.5. The number of benzene rings is 1. The summed E-state index contributed by atoms with van der Waals surface area (Å²) in [6.07, 6.45) is 2.12. The minimum Gasteiger partial charge on any atom is -0.475 e. The van der Waals surface area contributed by atoms with Crippen LogP contribution in [0.1, 0.15) is 31.2 Å². The maximum Gasteiger partial charge on any atom is 0.490 e. The fourth-order valence-corrected chi connectivity index (χ4v) is 3.99. The number of amides is 1. The summed E-state index contributed by atoms with van der Waals surface area (Å²) in [6.45, 7) is 2.53. The molecular weight excluding hydrogens is 413 g/mol. The topological polar surface area (TPSA) is 86.6 Å². The zero-order valence-corrected chi connectivity index (χ0v) is 16.8. The lowest BCUT2D eigenvalue weighted by Gasteiger charge is -2.45. The van der Waals surface area contributed by atoms with Crippen molar-refractivity contribution in [3.63, 3.8) is 0 Å². The van der Waals surface area contributed by atoms with Crippen molar-refractivity contribution in [1.29, 1.82) is 0 Å². The molecular formula is C21H23F3N4O3. The summed E-state index contributed by atoms with van der Waals surface area (Å²) in [5.41, 5.74) is 1.22. The number of carbonyl (C=O) groups is 2. The number of alkyl halides is 3. The number of aliphatic carboxylic acids is 1. The molecule has 3 heterocycles. The molecule has 2 saturated heterocycles. The second kappa shape index (κ2) is 9.32. The van der Waals surface area contributed by atoms with Crippen molar-refractivity contribution >= 4 is 17.8 Å². The Labute approximate surface area is 177 Å². The molecule has 0 atom stereocenters. The molecule has 1 spiro atoms. The second-order valence-electron chi connectivity index (χ2n) is 7.53. The Morgan fingerprint density at radius 2 is 1.61 bits per heavy atom. The molecule has 2 aliphatic rings. The van der Waals surface area contributed by atoms with Crippen LogP contribution in [0.15, 0.2) is 48.8 Å². The zero-order chi connectivity index (χ0) is 22.5. The first-order valence-electron chi connectivity index (χ1n) is 9.88. The lowest BCUT2D eigenvalue weighted by molar-refractivity contribution is -0.192. The maximum absolute atomic E-state index is 12.5. The average molecular weight is 436 g/mol. The summed E-state index contributed by atoms with van der Waals surface area (Å²) in [4.78, 5) is 34.5. The lowest BCUT2D eigenvalue weighted by atomic mass is 9.85. The molecule has 7 nitrogen and oxygen atoms in total. The van der Waals surface area contributed by atoms with Crippen molar-refractivity contribution in [2.45, 2.75) is 43.9 Å². The van der Waals surface area contributed by atoms with E-state index in [2.05, 4.69) is 31.9 Å². The van der Waals surface area contributed by atoms with Crippen LogP contribution >= 0.6 is 0 Å². The lowest BCUT2D eigenvalue weighted by Crippen LogP contribution is -2.53. The molecule has 2 fully saturated rings. The molecule has 0 radical (unpaired) electrons. The molecule has 1 N–H and O–H groups in total. The van der Waals surface area contributed by atoms with E-state index in [-0.39, 0.29) is 5.54 Å². The number of carbonyl (C=O) groups excluding carboxylic acids is 1. The Kier molecular flexibility index (Phi) is 6.77. The van der Waals surface area contributed by atoms with Crippen LogP contribution in [-0.2, 0) is 16.1 Å². The van der Waals surface area contributed by atoms with Gasteiger partial charge in [-0.25, -0.2) is 14.8 Å². The number of anilines is 1. The number of aromatic nitrogens is 2. The van der Waals surface area contributed by atoms with Gasteiger partial charge in [0.15, 0.2) is 0 Å². The van der Waals surface area contributed by atoms with Crippen LogP contribution in [0.3, 0.4) is 0 Å². The molecule has 166 valence electrons. The molecule has 2 aliphatic heterocycles. The van der Waals surface area contributed by atoms with Gasteiger partial charge in [-0.1, -0.05) is 30.3 Å². The van der Waals surface area contributed by atoms with E-state index in [1.165, 1.54) is 5.56 Å². The zero-order valence-electron chi connectivity index (χ0n) is 16.8. The first-order chi connectivity index (χ1) is 14.7. The van der Waals surface area contributed by atoms with Crippen LogP contribution in [0.4, 0.5) is 19.1 Å². The van der Waals surface area contributed by atoms with Crippen molar-refractivity contribution < 1.29 is 27.9 Å². The van der Waals surface area contributed by atoms with E-state index >= 15 is 0 Å². The van der Waals surface area contributed by atoms with E-state index in [1.807, 2.05) is 24.3 Å². The van der Waals surface area contributed by atoms with Crippen molar-refractivity contribution in [2.24, 2.45) is 0 Å². The number of carboxylic acid groups (broad SMARTS) is 1. The SMILES string of the molecule is O=C(O)C(F)(F)F.O=C1CCC2(CCN(c3ncccn3)CC2)N1Cc1ccccc1. The number of nitrogens with zero attached hydrogens (tertiary/aromatic N) is 4. The second-order valence-corrected chi connectivity index (χ2v) is 7.53. The van der Waals surface area contributed by atoms with Crippen LogP contribution < -0.4 is 4.90 Å². The number of rotatable bonds is 3. The molecule has 1 aromatic carbocycles. The van der Waals surface area contributed by atoms with Gasteiger partial charge in [-0.05, 0) is 30.9 Å². The van der Waals surface area contributed by atoms with Crippen LogP contribution in [0.2, 0.25) is 0 Å². The largest absolute Gasteiger partial charge is 0.490 e. The predicted octanol–water partition coefficient (Wildman–Crippen LogP) is 3.27. The Hall–Kier alpha value is -3.17. The van der Waals surface area contributed by atoms with Gasteiger partial charge in [-0.15, -0.1) is 0 Å². The molecule has 4 rings (SSSR count). The average Bonchev–Trinajstić information content (AvgIpc) is 3.05. The minimum atomic E-state index is -5.08. The summed E-state index contributed by atoms with van der Waals surface area (Å²) in [5.74, 6) is -1.66. The van der Waals surface area contributed by atoms with Crippen LogP contribution in [0.5, 0.6) is 0 Å². The number of hydrogen-bond acceptors (Lipinski definition) is 5. The highest BCUT2D eigenvalue weighted by molar-refractivity contribution is 5.79. The van der Waals surface area contributed by atoms with Gasteiger partial charge in [-0.3, -0.25) is 4.79 Å². The van der Waals surface area contributed by atoms with E-state index in [9.17, 15) is 18.0 Å². The van der Waals surface area contributed by atoms with Crippen molar-refractivity contribution in [3.8, 4) is 0 Å². The standard InChI is InChI=1S/C19H22N4O.C2HF3O2/c24-17-7-8-19(23(17)15-16-5-2-1-3-6-16)9-13-22(14-10-19)18-20-11-4-12-21-18;3-2(4,5)1(6)7/h1-6,11-12H,7-10,13-15H2;(H,6,7). The van der Waals surface area contributed by atoms with Gasteiger partial charge < -0.3 is 14.9 Å². The third-order valence-corrected chi connectivity index (χ3v) is 5.63. The highest BCUT2D eigenvalue weighted by atomic mass is 19.4. The van der Waals surface area contributed by atoms with Crippen molar-refractivity contribution in [1.82, 2.24) is 14.9 Å². The highest BCUT2D eigenvalue weighted by Crippen LogP contribution is 2.40. The molecule has 0 saturated carbocycles. The Morgan fingerprint density at radius 3 is 2.16 bits per heavy atom. The minimum absolute atomic E-state index is 0.0121. The van der Waals surface area contributed by atoms with E-state index in [4.69, 9.17) is 9.90 Å². The number of halogens is 3. The maximum atomic E-state index is 12.5. The van der Waals surface area contributed by atoms with Gasteiger partial charge in [0, 0.05) is 44.0 Å². The molecule has 0 aliphatic carbocycles. The van der Waals surface area contributed by atoms with Crippen molar-refractivity contribution in [2.75, 3.05) is 18.0 Å². The number of likely N-dealkylation sites (tertiary alicyclic amines) is 1. The van der Waals surface area contributed by atoms with Gasteiger partial charge in [-0.2, -0.15) is 13.2 Å². The number of carboxylic acids is 1. The van der Waals surface area contributed by atoms with E-state index < -0.39 is 12.1 Å².